The lowest BCUT2D eigenvalue weighted by molar-refractivity contribution is -0.384. The van der Waals surface area contributed by atoms with Crippen LogP contribution in [0, 0.1) is 24.0 Å². The van der Waals surface area contributed by atoms with Crippen LogP contribution in [0.5, 0.6) is 0 Å². The first-order chi connectivity index (χ1) is 7.45. The Hall–Kier alpha value is -2.11. The summed E-state index contributed by atoms with van der Waals surface area (Å²) in [6.45, 7) is 3.58. The second kappa shape index (κ2) is 4.61. The van der Waals surface area contributed by atoms with Crippen molar-refractivity contribution in [1.29, 1.82) is 0 Å². The fourth-order valence-corrected chi connectivity index (χ4v) is 1.21. The van der Waals surface area contributed by atoms with Crippen molar-refractivity contribution >= 4 is 17.5 Å². The molecule has 16 heavy (non-hydrogen) atoms. The fraction of sp³-hybridized carbons (Fsp3) is 0.300. The number of hydrogen-bond acceptors (Lipinski definition) is 4. The topological polar surface area (TPSA) is 81.5 Å². The van der Waals surface area contributed by atoms with Crippen molar-refractivity contribution in [3.8, 4) is 0 Å². The molecule has 1 aromatic rings. The molecule has 0 saturated heterocycles. The molecule has 0 aromatic heterocycles. The number of amides is 1. The van der Waals surface area contributed by atoms with Gasteiger partial charge in [-0.1, -0.05) is 0 Å². The van der Waals surface area contributed by atoms with Crippen molar-refractivity contribution < 1.29 is 14.5 Å². The third kappa shape index (κ3) is 2.47. The first-order valence-corrected chi connectivity index (χ1v) is 4.56. The Balaban J connectivity index is 3.19. The molecule has 6 nitrogen and oxygen atoms in total. The van der Waals surface area contributed by atoms with Crippen LogP contribution < -0.4 is 5.32 Å². The molecule has 86 valence electrons. The normalized spacial score (nSPS) is 9.69. The van der Waals surface area contributed by atoms with Gasteiger partial charge in [0.25, 0.3) is 5.69 Å². The molecule has 1 N–H and O–H groups in total. The van der Waals surface area contributed by atoms with Crippen molar-refractivity contribution in [3.63, 3.8) is 0 Å². The van der Waals surface area contributed by atoms with Crippen LogP contribution in [0.4, 0.5) is 16.2 Å². The summed E-state index contributed by atoms with van der Waals surface area (Å²) < 4.78 is 4.39. The number of rotatable bonds is 2. The highest BCUT2D eigenvalue weighted by Crippen LogP contribution is 2.27. The number of anilines is 1. The number of aryl methyl sites for hydroxylation is 2. The van der Waals surface area contributed by atoms with Crippen LogP contribution in [0.25, 0.3) is 0 Å². The Morgan fingerprint density at radius 3 is 2.44 bits per heavy atom. The van der Waals surface area contributed by atoms with Gasteiger partial charge in [0, 0.05) is 6.07 Å². The second-order valence-electron chi connectivity index (χ2n) is 3.33. The zero-order valence-corrected chi connectivity index (χ0v) is 9.23. The van der Waals surface area contributed by atoms with Gasteiger partial charge in [0.1, 0.15) is 5.69 Å². The lowest BCUT2D eigenvalue weighted by Gasteiger charge is -2.07. The summed E-state index contributed by atoms with van der Waals surface area (Å²) in [5.41, 5.74) is 1.65. The molecule has 0 spiro atoms. The quantitative estimate of drug-likeness (QED) is 0.617. The highest BCUT2D eigenvalue weighted by Gasteiger charge is 2.17. The van der Waals surface area contributed by atoms with Crippen molar-refractivity contribution in [1.82, 2.24) is 0 Å². The minimum atomic E-state index is -0.730. The molecule has 1 amide bonds. The summed E-state index contributed by atoms with van der Waals surface area (Å²) in [5, 5.41) is 13.1. The molecule has 1 rings (SSSR count). The summed E-state index contributed by atoms with van der Waals surface area (Å²) in [6, 6.07) is 2.96. The van der Waals surface area contributed by atoms with Gasteiger partial charge in [-0.05, 0) is 31.0 Å². The summed E-state index contributed by atoms with van der Waals surface area (Å²) in [4.78, 5) is 21.2. The molecule has 0 aliphatic rings. The van der Waals surface area contributed by atoms with Gasteiger partial charge in [0.15, 0.2) is 0 Å². The average Bonchev–Trinajstić information content (AvgIpc) is 2.22. The molecule has 0 saturated carbocycles. The SMILES string of the molecule is COC(=O)Nc1cc(C)c(C)cc1[N+](=O)[O-]. The molecule has 0 unspecified atom stereocenters. The van der Waals surface area contributed by atoms with Gasteiger partial charge in [0.05, 0.1) is 12.0 Å². The van der Waals surface area contributed by atoms with Gasteiger partial charge in [0.2, 0.25) is 0 Å². The molecule has 0 heterocycles. The number of benzene rings is 1. The van der Waals surface area contributed by atoms with Crippen LogP contribution in [-0.4, -0.2) is 18.1 Å². The lowest BCUT2D eigenvalue weighted by atomic mass is 10.1. The van der Waals surface area contributed by atoms with E-state index in [0.29, 0.717) is 0 Å². The number of methoxy groups -OCH3 is 1. The van der Waals surface area contributed by atoms with Crippen LogP contribution in [-0.2, 0) is 4.74 Å². The zero-order chi connectivity index (χ0) is 12.3. The Morgan fingerprint density at radius 1 is 1.38 bits per heavy atom. The van der Waals surface area contributed by atoms with E-state index in [1.165, 1.54) is 13.2 Å². The Labute approximate surface area is 92.4 Å². The van der Waals surface area contributed by atoms with E-state index in [-0.39, 0.29) is 11.4 Å². The van der Waals surface area contributed by atoms with Crippen LogP contribution in [0.3, 0.4) is 0 Å². The number of nitro benzene ring substituents is 1. The van der Waals surface area contributed by atoms with Gasteiger partial charge in [-0.15, -0.1) is 0 Å². The highest BCUT2D eigenvalue weighted by atomic mass is 16.6. The fourth-order valence-electron chi connectivity index (χ4n) is 1.21. The largest absolute Gasteiger partial charge is 0.453 e. The molecule has 0 aliphatic heterocycles. The number of hydrogen-bond donors (Lipinski definition) is 1. The number of ether oxygens (including phenoxy) is 1. The summed E-state index contributed by atoms with van der Waals surface area (Å²) in [5.74, 6) is 0. The minimum absolute atomic E-state index is 0.139. The first kappa shape index (κ1) is 12.0. The molecule has 6 heteroatoms. The molecule has 0 atom stereocenters. The van der Waals surface area contributed by atoms with E-state index in [0.717, 1.165) is 11.1 Å². The molecular weight excluding hydrogens is 212 g/mol. The maximum atomic E-state index is 11.0. The smallest absolute Gasteiger partial charge is 0.411 e. The third-order valence-electron chi connectivity index (χ3n) is 2.23. The van der Waals surface area contributed by atoms with Crippen molar-refractivity contribution in [2.45, 2.75) is 13.8 Å². The van der Waals surface area contributed by atoms with Crippen molar-refractivity contribution in [3.05, 3.63) is 33.4 Å². The number of nitrogens with zero attached hydrogens (tertiary/aromatic N) is 1. The molecule has 0 aliphatic carbocycles. The van der Waals surface area contributed by atoms with Crippen LogP contribution in [0.2, 0.25) is 0 Å². The average molecular weight is 224 g/mol. The maximum absolute atomic E-state index is 11.0. The highest BCUT2D eigenvalue weighted by molar-refractivity contribution is 5.88. The van der Waals surface area contributed by atoms with Crippen molar-refractivity contribution in [2.24, 2.45) is 0 Å². The number of carbonyl (C=O) groups excluding carboxylic acids is 1. The lowest BCUT2D eigenvalue weighted by Crippen LogP contribution is -2.12. The summed E-state index contributed by atoms with van der Waals surface area (Å²) in [6.07, 6.45) is -0.730. The van der Waals surface area contributed by atoms with Crippen LogP contribution in [0.1, 0.15) is 11.1 Å². The van der Waals surface area contributed by atoms with Gasteiger partial charge < -0.3 is 4.74 Å². The minimum Gasteiger partial charge on any atom is -0.453 e. The number of carbonyl (C=O) groups is 1. The molecule has 1 aromatic carbocycles. The van der Waals surface area contributed by atoms with E-state index in [9.17, 15) is 14.9 Å². The standard InChI is InChI=1S/C10H12N2O4/c1-6-4-8(11-10(13)16-3)9(12(14)15)5-7(6)2/h4-5H,1-3H3,(H,11,13). The van der Waals surface area contributed by atoms with Gasteiger partial charge >= 0.3 is 6.09 Å². The van der Waals surface area contributed by atoms with E-state index in [1.807, 2.05) is 6.92 Å². The number of nitro groups is 1. The first-order valence-electron chi connectivity index (χ1n) is 4.56. The van der Waals surface area contributed by atoms with Gasteiger partial charge in [-0.25, -0.2) is 4.79 Å². The van der Waals surface area contributed by atoms with Gasteiger partial charge in [-0.2, -0.15) is 0 Å². The Bertz CT molecular complexity index is 443. The maximum Gasteiger partial charge on any atom is 0.411 e. The van der Waals surface area contributed by atoms with E-state index < -0.39 is 11.0 Å². The van der Waals surface area contributed by atoms with Gasteiger partial charge in [-0.3, -0.25) is 15.4 Å². The number of nitrogens with one attached hydrogen (secondary N) is 1. The van der Waals surface area contributed by atoms with E-state index >= 15 is 0 Å². The van der Waals surface area contributed by atoms with Crippen LogP contribution in [0.15, 0.2) is 12.1 Å². The molecule has 0 fully saturated rings. The second-order valence-corrected chi connectivity index (χ2v) is 3.33. The van der Waals surface area contributed by atoms with E-state index in [2.05, 4.69) is 10.1 Å². The Kier molecular flexibility index (Phi) is 3.44. The van der Waals surface area contributed by atoms with E-state index in [4.69, 9.17) is 0 Å². The zero-order valence-electron chi connectivity index (χ0n) is 9.23. The monoisotopic (exact) mass is 224 g/mol. The summed E-state index contributed by atoms with van der Waals surface area (Å²) in [7, 11) is 1.20. The predicted octanol–water partition coefficient (Wildman–Crippen LogP) is 2.39. The molecule has 0 radical (unpaired) electrons. The van der Waals surface area contributed by atoms with Crippen molar-refractivity contribution in [2.75, 3.05) is 12.4 Å². The van der Waals surface area contributed by atoms with E-state index in [1.54, 1.807) is 13.0 Å². The summed E-state index contributed by atoms with van der Waals surface area (Å²) >= 11 is 0. The predicted molar refractivity (Wildman–Crippen MR) is 58.6 cm³/mol. The molecule has 0 bridgehead atoms. The Morgan fingerprint density at radius 2 is 1.94 bits per heavy atom. The molecular formula is C10H12N2O4. The third-order valence-corrected chi connectivity index (χ3v) is 2.23. The van der Waals surface area contributed by atoms with Crippen LogP contribution >= 0.6 is 0 Å².